The Hall–Kier alpha value is -1.40. The predicted molar refractivity (Wildman–Crippen MR) is 105 cm³/mol. The standard InChI is InChI=1S/C19H24ClN3OS/c1-14(12-21)19(24)23-10-8-22(9-11-23)13-15-6-7-18(25-15)16-4-2-3-5-17(16)20/h2-7,14H,8-13,21H2,1H3. The maximum atomic E-state index is 12.2. The third-order valence-corrected chi connectivity index (χ3v) is 6.07. The van der Waals surface area contributed by atoms with Crippen molar-refractivity contribution in [3.8, 4) is 10.4 Å². The summed E-state index contributed by atoms with van der Waals surface area (Å²) in [6.45, 7) is 6.61. The Balaban J connectivity index is 1.57. The number of nitrogens with two attached hydrogens (primary N) is 1. The third-order valence-electron chi connectivity index (χ3n) is 4.64. The molecule has 0 aliphatic carbocycles. The number of benzene rings is 1. The van der Waals surface area contributed by atoms with Gasteiger partial charge in [-0.15, -0.1) is 11.3 Å². The van der Waals surface area contributed by atoms with E-state index in [9.17, 15) is 4.79 Å². The lowest BCUT2D eigenvalue weighted by molar-refractivity contribution is -0.136. The van der Waals surface area contributed by atoms with Crippen molar-refractivity contribution in [1.82, 2.24) is 9.80 Å². The number of nitrogens with zero attached hydrogens (tertiary/aromatic N) is 2. The van der Waals surface area contributed by atoms with Crippen molar-refractivity contribution >= 4 is 28.8 Å². The van der Waals surface area contributed by atoms with Crippen molar-refractivity contribution < 1.29 is 4.79 Å². The molecule has 25 heavy (non-hydrogen) atoms. The van der Waals surface area contributed by atoms with E-state index in [4.69, 9.17) is 17.3 Å². The highest BCUT2D eigenvalue weighted by Crippen LogP contribution is 2.33. The van der Waals surface area contributed by atoms with Crippen LogP contribution in [0.2, 0.25) is 5.02 Å². The van der Waals surface area contributed by atoms with E-state index in [1.54, 1.807) is 11.3 Å². The van der Waals surface area contributed by atoms with Gasteiger partial charge in [0, 0.05) is 65.5 Å². The Morgan fingerprint density at radius 1 is 1.20 bits per heavy atom. The van der Waals surface area contributed by atoms with Gasteiger partial charge < -0.3 is 10.6 Å². The van der Waals surface area contributed by atoms with Gasteiger partial charge in [0.15, 0.2) is 0 Å². The first-order chi connectivity index (χ1) is 12.1. The number of thiophene rings is 1. The molecule has 0 spiro atoms. The number of carbonyl (C=O) groups is 1. The zero-order valence-corrected chi connectivity index (χ0v) is 16.0. The smallest absolute Gasteiger partial charge is 0.226 e. The predicted octanol–water partition coefficient (Wildman–Crippen LogP) is 3.31. The summed E-state index contributed by atoms with van der Waals surface area (Å²) in [4.78, 5) is 19.1. The molecule has 1 saturated heterocycles. The van der Waals surface area contributed by atoms with Crippen molar-refractivity contribution in [3.05, 3.63) is 46.3 Å². The Kier molecular flexibility index (Phi) is 6.12. The van der Waals surface area contributed by atoms with Crippen molar-refractivity contribution in [2.75, 3.05) is 32.7 Å². The Labute approximate surface area is 158 Å². The number of hydrogen-bond donors (Lipinski definition) is 1. The second kappa shape index (κ2) is 8.32. The van der Waals surface area contributed by atoms with Crippen LogP contribution in [-0.2, 0) is 11.3 Å². The summed E-state index contributed by atoms with van der Waals surface area (Å²) in [5, 5.41) is 0.789. The van der Waals surface area contributed by atoms with Gasteiger partial charge >= 0.3 is 0 Å². The molecule has 1 aliphatic rings. The van der Waals surface area contributed by atoms with Crippen LogP contribution in [0.3, 0.4) is 0 Å². The fraction of sp³-hybridized carbons (Fsp3) is 0.421. The zero-order valence-electron chi connectivity index (χ0n) is 14.5. The molecule has 4 nitrogen and oxygen atoms in total. The zero-order chi connectivity index (χ0) is 17.8. The topological polar surface area (TPSA) is 49.6 Å². The second-order valence-electron chi connectivity index (χ2n) is 6.48. The molecular weight excluding hydrogens is 354 g/mol. The van der Waals surface area contributed by atoms with Crippen LogP contribution in [0.15, 0.2) is 36.4 Å². The van der Waals surface area contributed by atoms with Gasteiger partial charge in [0.05, 0.1) is 0 Å². The molecule has 1 fully saturated rings. The molecule has 1 aromatic carbocycles. The second-order valence-corrected chi connectivity index (χ2v) is 8.06. The van der Waals surface area contributed by atoms with Crippen LogP contribution in [0, 0.1) is 5.92 Å². The highest BCUT2D eigenvalue weighted by atomic mass is 35.5. The summed E-state index contributed by atoms with van der Waals surface area (Å²) in [5.41, 5.74) is 6.69. The minimum absolute atomic E-state index is 0.0815. The number of amides is 1. The molecule has 1 aromatic heterocycles. The molecule has 0 saturated carbocycles. The molecule has 6 heteroatoms. The van der Waals surface area contributed by atoms with Crippen molar-refractivity contribution in [1.29, 1.82) is 0 Å². The molecular formula is C19H24ClN3OS. The molecule has 1 aliphatic heterocycles. The molecule has 2 aromatic rings. The van der Waals surface area contributed by atoms with Crippen molar-refractivity contribution in [3.63, 3.8) is 0 Å². The summed E-state index contributed by atoms with van der Waals surface area (Å²) in [7, 11) is 0. The number of halogens is 1. The SMILES string of the molecule is CC(CN)C(=O)N1CCN(Cc2ccc(-c3ccccc3Cl)s2)CC1. The van der Waals surface area contributed by atoms with Gasteiger partial charge in [0.25, 0.3) is 0 Å². The van der Waals surface area contributed by atoms with E-state index < -0.39 is 0 Å². The van der Waals surface area contributed by atoms with E-state index in [0.717, 1.165) is 43.3 Å². The fourth-order valence-corrected chi connectivity index (χ4v) is 4.41. The van der Waals surface area contributed by atoms with Crippen molar-refractivity contribution in [2.45, 2.75) is 13.5 Å². The molecule has 2 N–H and O–H groups in total. The van der Waals surface area contributed by atoms with E-state index in [1.807, 2.05) is 30.0 Å². The Bertz CT molecular complexity index is 725. The lowest BCUT2D eigenvalue weighted by atomic mass is 10.1. The largest absolute Gasteiger partial charge is 0.340 e. The lowest BCUT2D eigenvalue weighted by Gasteiger charge is -2.35. The van der Waals surface area contributed by atoms with E-state index in [0.29, 0.717) is 6.54 Å². The molecule has 0 radical (unpaired) electrons. The Morgan fingerprint density at radius 2 is 1.92 bits per heavy atom. The molecule has 0 bridgehead atoms. The first-order valence-electron chi connectivity index (χ1n) is 8.63. The molecule has 3 rings (SSSR count). The number of hydrogen-bond acceptors (Lipinski definition) is 4. The number of piperazine rings is 1. The maximum absolute atomic E-state index is 12.2. The minimum Gasteiger partial charge on any atom is -0.340 e. The molecule has 1 amide bonds. The van der Waals surface area contributed by atoms with E-state index in [-0.39, 0.29) is 11.8 Å². The number of rotatable bonds is 5. The van der Waals surface area contributed by atoms with Gasteiger partial charge in [-0.1, -0.05) is 36.7 Å². The monoisotopic (exact) mass is 377 g/mol. The van der Waals surface area contributed by atoms with E-state index >= 15 is 0 Å². The fourth-order valence-electron chi connectivity index (χ4n) is 3.03. The first kappa shape index (κ1) is 18.4. The lowest BCUT2D eigenvalue weighted by Crippen LogP contribution is -2.50. The normalized spacial score (nSPS) is 16.8. The van der Waals surface area contributed by atoms with Gasteiger partial charge in [0.1, 0.15) is 0 Å². The third kappa shape index (κ3) is 4.42. The highest BCUT2D eigenvalue weighted by molar-refractivity contribution is 7.15. The van der Waals surface area contributed by atoms with Crippen LogP contribution in [0.1, 0.15) is 11.8 Å². The molecule has 1 unspecified atom stereocenters. The van der Waals surface area contributed by atoms with Gasteiger partial charge in [-0.3, -0.25) is 9.69 Å². The Morgan fingerprint density at radius 3 is 2.60 bits per heavy atom. The van der Waals surface area contributed by atoms with Crippen LogP contribution in [0.4, 0.5) is 0 Å². The summed E-state index contributed by atoms with van der Waals surface area (Å²) < 4.78 is 0. The highest BCUT2D eigenvalue weighted by Gasteiger charge is 2.24. The van der Waals surface area contributed by atoms with Gasteiger partial charge in [0.2, 0.25) is 5.91 Å². The maximum Gasteiger partial charge on any atom is 0.226 e. The van der Waals surface area contributed by atoms with Crippen LogP contribution in [0.5, 0.6) is 0 Å². The quantitative estimate of drug-likeness (QED) is 0.869. The van der Waals surface area contributed by atoms with Gasteiger partial charge in [-0.2, -0.15) is 0 Å². The summed E-state index contributed by atoms with van der Waals surface area (Å²) in [6.07, 6.45) is 0. The molecule has 1 atom stereocenters. The van der Waals surface area contributed by atoms with Gasteiger partial charge in [-0.05, 0) is 18.2 Å². The number of carbonyl (C=O) groups excluding carboxylic acids is 1. The van der Waals surface area contributed by atoms with Crippen LogP contribution < -0.4 is 5.73 Å². The summed E-state index contributed by atoms with van der Waals surface area (Å²) in [5.74, 6) is 0.0984. The minimum atomic E-state index is -0.0815. The summed E-state index contributed by atoms with van der Waals surface area (Å²) >= 11 is 8.08. The van der Waals surface area contributed by atoms with Crippen LogP contribution in [0.25, 0.3) is 10.4 Å². The van der Waals surface area contributed by atoms with Gasteiger partial charge in [-0.25, -0.2) is 0 Å². The molecule has 2 heterocycles. The van der Waals surface area contributed by atoms with E-state index in [1.165, 1.54) is 9.75 Å². The average molecular weight is 378 g/mol. The van der Waals surface area contributed by atoms with Crippen LogP contribution >= 0.6 is 22.9 Å². The summed E-state index contributed by atoms with van der Waals surface area (Å²) in [6, 6.07) is 12.3. The van der Waals surface area contributed by atoms with E-state index in [2.05, 4.69) is 23.1 Å². The van der Waals surface area contributed by atoms with Crippen molar-refractivity contribution in [2.24, 2.45) is 11.7 Å². The average Bonchev–Trinajstić information content (AvgIpc) is 3.09. The molecule has 134 valence electrons. The first-order valence-corrected chi connectivity index (χ1v) is 9.82. The van der Waals surface area contributed by atoms with Crippen LogP contribution in [-0.4, -0.2) is 48.4 Å².